The zero-order chi connectivity index (χ0) is 31.0. The highest BCUT2D eigenvalue weighted by molar-refractivity contribution is 7.80. The maximum absolute atomic E-state index is 12.4. The SMILES string of the molecule is COc1ccc([N+](=O)[O-])cc1-n1c(C)cc([C@@H]2[C@@H](c3ccccn3)NC(=S)N2c2ccc(NC(=O)C(C)C)c(C)c2)c1C. The first kappa shape index (κ1) is 29.7. The maximum atomic E-state index is 12.4. The summed E-state index contributed by atoms with van der Waals surface area (Å²) in [6.45, 7) is 9.62. The van der Waals surface area contributed by atoms with Crippen LogP contribution in [-0.2, 0) is 4.79 Å². The molecule has 5 rings (SSSR count). The predicted molar refractivity (Wildman–Crippen MR) is 171 cm³/mol. The largest absolute Gasteiger partial charge is 0.495 e. The van der Waals surface area contributed by atoms with Crippen molar-refractivity contribution >= 4 is 40.3 Å². The Labute approximate surface area is 255 Å². The van der Waals surface area contributed by atoms with E-state index in [0.29, 0.717) is 16.5 Å². The number of nitrogens with one attached hydrogen (secondary N) is 2. The second kappa shape index (κ2) is 11.8. The fourth-order valence-electron chi connectivity index (χ4n) is 5.59. The Bertz CT molecular complexity index is 1720. The summed E-state index contributed by atoms with van der Waals surface area (Å²) in [5, 5.41) is 18.7. The lowest BCUT2D eigenvalue weighted by Crippen LogP contribution is -2.29. The number of carbonyl (C=O) groups excluding carboxylic acids is 1. The zero-order valence-electron chi connectivity index (χ0n) is 24.9. The number of nitro groups is 1. The molecule has 3 heterocycles. The molecule has 2 atom stereocenters. The van der Waals surface area contributed by atoms with Crippen molar-refractivity contribution in [3.8, 4) is 11.4 Å². The Kier molecular flexibility index (Phi) is 8.19. The number of hydrogen-bond donors (Lipinski definition) is 2. The van der Waals surface area contributed by atoms with Crippen molar-refractivity contribution in [3.63, 3.8) is 0 Å². The van der Waals surface area contributed by atoms with Gasteiger partial charge >= 0.3 is 0 Å². The van der Waals surface area contributed by atoms with E-state index in [1.165, 1.54) is 12.1 Å². The van der Waals surface area contributed by atoms with Gasteiger partial charge in [0.05, 0.1) is 35.5 Å². The molecule has 0 radical (unpaired) electrons. The van der Waals surface area contributed by atoms with Gasteiger partial charge in [0.25, 0.3) is 5.69 Å². The Morgan fingerprint density at radius 3 is 2.51 bits per heavy atom. The fraction of sp³-hybridized carbons (Fsp3) is 0.281. The molecule has 1 aliphatic rings. The number of rotatable bonds is 8. The molecule has 4 aromatic rings. The van der Waals surface area contributed by atoms with E-state index in [9.17, 15) is 14.9 Å². The van der Waals surface area contributed by atoms with Crippen molar-refractivity contribution < 1.29 is 14.5 Å². The molecule has 2 aromatic heterocycles. The van der Waals surface area contributed by atoms with E-state index in [0.717, 1.165) is 39.6 Å². The van der Waals surface area contributed by atoms with Crippen molar-refractivity contribution in [2.75, 3.05) is 17.3 Å². The lowest BCUT2D eigenvalue weighted by molar-refractivity contribution is -0.384. The molecular weight excluding hydrogens is 564 g/mol. The molecule has 222 valence electrons. The highest BCUT2D eigenvalue weighted by atomic mass is 32.1. The first-order valence-electron chi connectivity index (χ1n) is 14.0. The topological polar surface area (TPSA) is 115 Å². The molecule has 0 saturated carbocycles. The third kappa shape index (κ3) is 5.55. The van der Waals surface area contributed by atoms with Crippen LogP contribution in [0.1, 0.15) is 54.1 Å². The van der Waals surface area contributed by atoms with Crippen molar-refractivity contribution in [2.45, 2.75) is 46.7 Å². The van der Waals surface area contributed by atoms with Crippen molar-refractivity contribution in [3.05, 3.63) is 105 Å². The molecule has 2 N–H and O–H groups in total. The van der Waals surface area contributed by atoms with Gasteiger partial charge in [0.1, 0.15) is 5.75 Å². The number of anilines is 2. The van der Waals surface area contributed by atoms with Gasteiger partial charge in [-0.1, -0.05) is 19.9 Å². The number of aryl methyl sites for hydroxylation is 2. The summed E-state index contributed by atoms with van der Waals surface area (Å²) in [4.78, 5) is 30.3. The first-order chi connectivity index (χ1) is 20.5. The number of pyridine rings is 1. The molecule has 2 aromatic carbocycles. The third-order valence-corrected chi connectivity index (χ3v) is 8.09. The smallest absolute Gasteiger partial charge is 0.271 e. The number of aromatic nitrogens is 2. The number of carbonyl (C=O) groups is 1. The van der Waals surface area contributed by atoms with Crippen LogP contribution < -0.4 is 20.3 Å². The monoisotopic (exact) mass is 598 g/mol. The van der Waals surface area contributed by atoms with E-state index < -0.39 is 4.92 Å². The van der Waals surface area contributed by atoms with E-state index in [1.807, 2.05) is 75.6 Å². The summed E-state index contributed by atoms with van der Waals surface area (Å²) in [5.41, 5.74) is 6.63. The number of hydrogen-bond acceptors (Lipinski definition) is 6. The lowest BCUT2D eigenvalue weighted by Gasteiger charge is -2.29. The zero-order valence-corrected chi connectivity index (χ0v) is 25.7. The van der Waals surface area contributed by atoms with Crippen LogP contribution in [0.25, 0.3) is 5.69 Å². The maximum Gasteiger partial charge on any atom is 0.271 e. The lowest BCUT2D eigenvalue weighted by atomic mass is 9.96. The minimum absolute atomic E-state index is 0.0262. The van der Waals surface area contributed by atoms with Crippen molar-refractivity contribution in [1.82, 2.24) is 14.9 Å². The summed E-state index contributed by atoms with van der Waals surface area (Å²) in [6.07, 6.45) is 1.76. The highest BCUT2D eigenvalue weighted by Gasteiger charge is 2.42. The Hall–Kier alpha value is -4.77. The van der Waals surface area contributed by atoms with Crippen LogP contribution in [-0.4, -0.2) is 32.6 Å². The van der Waals surface area contributed by atoms with E-state index >= 15 is 0 Å². The minimum atomic E-state index is -0.411. The summed E-state index contributed by atoms with van der Waals surface area (Å²) < 4.78 is 7.59. The molecule has 1 fully saturated rings. The van der Waals surface area contributed by atoms with Crippen LogP contribution >= 0.6 is 12.2 Å². The van der Waals surface area contributed by atoms with Gasteiger partial charge < -0.3 is 24.8 Å². The average molecular weight is 599 g/mol. The van der Waals surface area contributed by atoms with Gasteiger partial charge in [-0.2, -0.15) is 0 Å². The molecule has 1 saturated heterocycles. The molecule has 0 spiro atoms. The number of benzene rings is 2. The Morgan fingerprint density at radius 1 is 1.12 bits per heavy atom. The molecule has 0 aliphatic carbocycles. The van der Waals surface area contributed by atoms with Gasteiger partial charge in [-0.25, -0.2) is 0 Å². The first-order valence-corrected chi connectivity index (χ1v) is 14.4. The average Bonchev–Trinajstić information content (AvgIpc) is 3.48. The fourth-order valence-corrected chi connectivity index (χ4v) is 5.93. The van der Waals surface area contributed by atoms with Gasteiger partial charge in [-0.15, -0.1) is 0 Å². The highest BCUT2D eigenvalue weighted by Crippen LogP contribution is 2.45. The number of ether oxygens (including phenoxy) is 1. The molecule has 11 heteroatoms. The second-order valence-electron chi connectivity index (χ2n) is 10.9. The molecule has 0 unspecified atom stereocenters. The Morgan fingerprint density at radius 2 is 1.88 bits per heavy atom. The number of non-ortho nitro benzene ring substituents is 1. The summed E-state index contributed by atoms with van der Waals surface area (Å²) in [5.74, 6) is 0.330. The molecule has 43 heavy (non-hydrogen) atoms. The van der Waals surface area contributed by atoms with Gasteiger partial charge in [-0.3, -0.25) is 19.9 Å². The Balaban J connectivity index is 1.66. The number of nitrogens with zero attached hydrogens (tertiary/aromatic N) is 4. The van der Waals surface area contributed by atoms with Gasteiger partial charge in [0.15, 0.2) is 5.11 Å². The third-order valence-electron chi connectivity index (χ3n) is 7.77. The van der Waals surface area contributed by atoms with Gasteiger partial charge in [0.2, 0.25) is 5.91 Å². The van der Waals surface area contributed by atoms with Gasteiger partial charge in [0, 0.05) is 47.0 Å². The summed E-state index contributed by atoms with van der Waals surface area (Å²) in [6, 6.07) is 17.7. The molecule has 10 nitrogen and oxygen atoms in total. The minimum Gasteiger partial charge on any atom is -0.495 e. The molecule has 1 amide bonds. The summed E-state index contributed by atoms with van der Waals surface area (Å²) >= 11 is 5.93. The number of methoxy groups -OCH3 is 1. The van der Waals surface area contributed by atoms with Crippen LogP contribution in [0.5, 0.6) is 5.75 Å². The standard InChI is InChI=1S/C32H34N6O4S/c1-18(2)31(39)34-25-12-10-22(15-19(25)3)37-30(29(35-32(37)43)26-9-7-8-14-33-26)24-16-20(4)36(21(24)5)27-17-23(38(40)41)11-13-28(27)42-6/h7-18,29-30H,1-6H3,(H,34,39)(H,35,43)/t29-,30-/m1/s1. The van der Waals surface area contributed by atoms with Crippen LogP contribution in [0.3, 0.4) is 0 Å². The number of nitro benzene ring substituents is 1. The predicted octanol–water partition coefficient (Wildman–Crippen LogP) is 6.49. The molecular formula is C32H34N6O4S. The number of thiocarbonyl (C=S) groups is 1. The second-order valence-corrected chi connectivity index (χ2v) is 11.3. The van der Waals surface area contributed by atoms with E-state index in [1.54, 1.807) is 19.4 Å². The van der Waals surface area contributed by atoms with E-state index in [-0.39, 0.29) is 29.6 Å². The van der Waals surface area contributed by atoms with Crippen LogP contribution in [0, 0.1) is 36.8 Å². The van der Waals surface area contributed by atoms with E-state index in [4.69, 9.17) is 17.0 Å². The van der Waals surface area contributed by atoms with Gasteiger partial charge in [-0.05, 0) is 86.6 Å². The van der Waals surface area contributed by atoms with Crippen LogP contribution in [0.15, 0.2) is 66.9 Å². The normalized spacial score (nSPS) is 16.3. The quantitative estimate of drug-likeness (QED) is 0.134. The van der Waals surface area contributed by atoms with Crippen molar-refractivity contribution in [2.24, 2.45) is 5.92 Å². The molecule has 1 aliphatic heterocycles. The van der Waals surface area contributed by atoms with Crippen LogP contribution in [0.4, 0.5) is 17.1 Å². The van der Waals surface area contributed by atoms with Crippen molar-refractivity contribution in [1.29, 1.82) is 0 Å². The summed E-state index contributed by atoms with van der Waals surface area (Å²) in [7, 11) is 1.55. The van der Waals surface area contributed by atoms with E-state index in [2.05, 4.69) is 26.6 Å². The van der Waals surface area contributed by atoms with Crippen LogP contribution in [0.2, 0.25) is 0 Å². The number of amides is 1. The molecule has 0 bridgehead atoms.